The molecule has 0 atom stereocenters. The molecule has 0 spiro atoms. The van der Waals surface area contributed by atoms with Gasteiger partial charge in [0.1, 0.15) is 10.8 Å². The van der Waals surface area contributed by atoms with E-state index in [1.807, 2.05) is 0 Å². The second kappa shape index (κ2) is 6.94. The molecule has 6 nitrogen and oxygen atoms in total. The van der Waals surface area contributed by atoms with E-state index < -0.39 is 18.5 Å². The summed E-state index contributed by atoms with van der Waals surface area (Å²) in [5.74, 6) is -1.61. The van der Waals surface area contributed by atoms with Gasteiger partial charge in [-0.05, 0) is 24.3 Å². The Balaban J connectivity index is 1.92. The number of nitrogens with one attached hydrogen (secondary N) is 1. The van der Waals surface area contributed by atoms with Gasteiger partial charge in [-0.1, -0.05) is 0 Å². The van der Waals surface area contributed by atoms with Crippen LogP contribution < -0.4 is 10.1 Å². The van der Waals surface area contributed by atoms with Crippen LogP contribution >= 0.6 is 11.3 Å². The lowest BCUT2D eigenvalue weighted by atomic mass is 10.2. The molecule has 1 amide bonds. The number of thiazole rings is 1. The summed E-state index contributed by atoms with van der Waals surface area (Å²) in [6, 6.07) is 5.20. The van der Waals surface area contributed by atoms with Crippen molar-refractivity contribution >= 4 is 23.2 Å². The van der Waals surface area contributed by atoms with Gasteiger partial charge in [0.05, 0.1) is 6.54 Å². The van der Waals surface area contributed by atoms with E-state index in [-0.39, 0.29) is 23.6 Å². The molecule has 1 aromatic carbocycles. The van der Waals surface area contributed by atoms with Crippen molar-refractivity contribution in [2.75, 3.05) is 0 Å². The third-order valence-electron chi connectivity index (χ3n) is 2.51. The van der Waals surface area contributed by atoms with Gasteiger partial charge >= 0.3 is 12.6 Å². The smallest absolute Gasteiger partial charge is 0.387 e. The predicted molar refractivity (Wildman–Crippen MR) is 73.3 cm³/mol. The van der Waals surface area contributed by atoms with E-state index >= 15 is 0 Å². The second-order valence-corrected chi connectivity index (χ2v) is 4.96. The van der Waals surface area contributed by atoms with Gasteiger partial charge in [0.2, 0.25) is 0 Å². The summed E-state index contributed by atoms with van der Waals surface area (Å²) in [6.45, 7) is -2.85. The van der Waals surface area contributed by atoms with Gasteiger partial charge in [0.15, 0.2) is 5.69 Å². The van der Waals surface area contributed by atoms with Crippen molar-refractivity contribution in [2.45, 2.75) is 13.2 Å². The van der Waals surface area contributed by atoms with E-state index in [4.69, 9.17) is 5.11 Å². The van der Waals surface area contributed by atoms with Gasteiger partial charge in [-0.2, -0.15) is 8.78 Å². The van der Waals surface area contributed by atoms with Gasteiger partial charge in [-0.25, -0.2) is 9.78 Å². The minimum atomic E-state index is -2.92. The maximum atomic E-state index is 12.0. The number of benzene rings is 1. The van der Waals surface area contributed by atoms with Crippen LogP contribution in [0.4, 0.5) is 8.78 Å². The molecule has 2 rings (SSSR count). The summed E-state index contributed by atoms with van der Waals surface area (Å²) in [5, 5.41) is 13.1. The maximum absolute atomic E-state index is 12.0. The fourth-order valence-corrected chi connectivity index (χ4v) is 2.24. The zero-order chi connectivity index (χ0) is 16.1. The van der Waals surface area contributed by atoms with Gasteiger partial charge in [0.25, 0.3) is 5.91 Å². The summed E-state index contributed by atoms with van der Waals surface area (Å²) < 4.78 is 28.2. The molecule has 0 aliphatic carbocycles. The van der Waals surface area contributed by atoms with Crippen molar-refractivity contribution in [3.8, 4) is 5.75 Å². The first-order valence-electron chi connectivity index (χ1n) is 5.96. The van der Waals surface area contributed by atoms with Crippen LogP contribution in [0.1, 0.15) is 25.9 Å². The molecule has 0 aliphatic heterocycles. The molecule has 0 bridgehead atoms. The first kappa shape index (κ1) is 15.8. The van der Waals surface area contributed by atoms with Gasteiger partial charge < -0.3 is 15.2 Å². The van der Waals surface area contributed by atoms with Crippen LogP contribution in [0.25, 0.3) is 0 Å². The lowest BCUT2D eigenvalue weighted by Crippen LogP contribution is -2.22. The molecular weight excluding hydrogens is 318 g/mol. The number of carboxylic acid groups (broad SMARTS) is 1. The van der Waals surface area contributed by atoms with E-state index in [2.05, 4.69) is 15.0 Å². The Morgan fingerprint density at radius 3 is 2.55 bits per heavy atom. The largest absolute Gasteiger partial charge is 0.476 e. The molecule has 0 aliphatic rings. The number of alkyl halides is 2. The number of rotatable bonds is 6. The molecule has 116 valence electrons. The standard InChI is InChI=1S/C13H10F2N2O4S/c14-13(15)21-8-3-1-7(2-4-8)11(18)16-5-10-17-9(6-22-10)12(19)20/h1-4,6,13H,5H2,(H,16,18)(H,19,20). The van der Waals surface area contributed by atoms with E-state index in [1.54, 1.807) is 0 Å². The number of hydrogen-bond donors (Lipinski definition) is 2. The highest BCUT2D eigenvalue weighted by Crippen LogP contribution is 2.15. The fraction of sp³-hybridized carbons (Fsp3) is 0.154. The first-order chi connectivity index (χ1) is 10.5. The van der Waals surface area contributed by atoms with Crippen molar-refractivity contribution in [3.63, 3.8) is 0 Å². The Labute approximate surface area is 127 Å². The summed E-state index contributed by atoms with van der Waals surface area (Å²) in [5.41, 5.74) is 0.180. The molecule has 0 unspecified atom stereocenters. The van der Waals surface area contributed by atoms with Crippen molar-refractivity contribution in [1.29, 1.82) is 0 Å². The lowest BCUT2D eigenvalue weighted by Gasteiger charge is -2.06. The van der Waals surface area contributed by atoms with E-state index in [0.29, 0.717) is 5.01 Å². The third kappa shape index (κ3) is 4.22. The van der Waals surface area contributed by atoms with Crippen molar-refractivity contribution in [3.05, 3.63) is 45.9 Å². The van der Waals surface area contributed by atoms with Crippen LogP contribution in [0.3, 0.4) is 0 Å². The molecule has 2 N–H and O–H groups in total. The summed E-state index contributed by atoms with van der Waals surface area (Å²) in [6.07, 6.45) is 0. The van der Waals surface area contributed by atoms with E-state index in [9.17, 15) is 18.4 Å². The average Bonchev–Trinajstić information content (AvgIpc) is 2.94. The quantitative estimate of drug-likeness (QED) is 0.850. The average molecular weight is 328 g/mol. The fourth-order valence-electron chi connectivity index (χ4n) is 1.54. The minimum Gasteiger partial charge on any atom is -0.476 e. The molecule has 0 radical (unpaired) electrons. The van der Waals surface area contributed by atoms with Gasteiger partial charge in [0, 0.05) is 10.9 Å². The van der Waals surface area contributed by atoms with Crippen LogP contribution in [0.2, 0.25) is 0 Å². The lowest BCUT2D eigenvalue weighted by molar-refractivity contribution is -0.0498. The number of hydrogen-bond acceptors (Lipinski definition) is 5. The Hall–Kier alpha value is -2.55. The monoisotopic (exact) mass is 328 g/mol. The van der Waals surface area contributed by atoms with Gasteiger partial charge in [-0.3, -0.25) is 4.79 Å². The molecule has 1 heterocycles. The number of nitrogens with zero attached hydrogens (tertiary/aromatic N) is 1. The Kier molecular flexibility index (Phi) is 4.99. The van der Waals surface area contributed by atoms with Crippen LogP contribution in [0.15, 0.2) is 29.6 Å². The van der Waals surface area contributed by atoms with E-state index in [1.165, 1.54) is 29.6 Å². The predicted octanol–water partition coefficient (Wildman–Crippen LogP) is 2.37. The highest BCUT2D eigenvalue weighted by molar-refractivity contribution is 7.09. The number of carbonyl (C=O) groups is 2. The Morgan fingerprint density at radius 2 is 2.00 bits per heavy atom. The molecule has 0 fully saturated rings. The van der Waals surface area contributed by atoms with Crippen molar-refractivity contribution in [2.24, 2.45) is 0 Å². The molecule has 0 saturated carbocycles. The Morgan fingerprint density at radius 1 is 1.32 bits per heavy atom. The minimum absolute atomic E-state index is 0.0439. The van der Waals surface area contributed by atoms with Crippen molar-refractivity contribution < 1.29 is 28.2 Å². The molecule has 0 saturated heterocycles. The van der Waals surface area contributed by atoms with Crippen LogP contribution in [0.5, 0.6) is 5.75 Å². The second-order valence-electron chi connectivity index (χ2n) is 4.02. The number of carbonyl (C=O) groups excluding carboxylic acids is 1. The third-order valence-corrected chi connectivity index (χ3v) is 3.36. The van der Waals surface area contributed by atoms with E-state index in [0.717, 1.165) is 11.3 Å². The summed E-state index contributed by atoms with van der Waals surface area (Å²) >= 11 is 1.11. The number of amides is 1. The molecule has 2 aromatic rings. The summed E-state index contributed by atoms with van der Waals surface area (Å²) in [4.78, 5) is 26.3. The number of halogens is 2. The molecule has 9 heteroatoms. The zero-order valence-electron chi connectivity index (χ0n) is 11.0. The normalized spacial score (nSPS) is 10.5. The highest BCUT2D eigenvalue weighted by atomic mass is 32.1. The SMILES string of the molecule is O=C(NCc1nc(C(=O)O)cs1)c1ccc(OC(F)F)cc1. The molecular formula is C13H10F2N2O4S. The zero-order valence-corrected chi connectivity index (χ0v) is 11.8. The Bertz CT molecular complexity index is 673. The molecule has 22 heavy (non-hydrogen) atoms. The number of aromatic nitrogens is 1. The van der Waals surface area contributed by atoms with Crippen LogP contribution in [0, 0.1) is 0 Å². The maximum Gasteiger partial charge on any atom is 0.387 e. The number of aromatic carboxylic acids is 1. The number of carboxylic acids is 1. The topological polar surface area (TPSA) is 88.5 Å². The first-order valence-corrected chi connectivity index (χ1v) is 6.84. The molecule has 1 aromatic heterocycles. The van der Waals surface area contributed by atoms with Crippen molar-refractivity contribution in [1.82, 2.24) is 10.3 Å². The van der Waals surface area contributed by atoms with Crippen LogP contribution in [-0.2, 0) is 6.54 Å². The number of ether oxygens (including phenoxy) is 1. The van der Waals surface area contributed by atoms with Gasteiger partial charge in [-0.15, -0.1) is 11.3 Å². The highest BCUT2D eigenvalue weighted by Gasteiger charge is 2.11. The summed E-state index contributed by atoms with van der Waals surface area (Å²) in [7, 11) is 0. The van der Waals surface area contributed by atoms with Crippen LogP contribution in [-0.4, -0.2) is 28.6 Å².